The number of fused-ring (bicyclic) bond motifs is 2. The fourth-order valence-electron chi connectivity index (χ4n) is 3.95. The van der Waals surface area contributed by atoms with Gasteiger partial charge in [-0.05, 0) is 32.8 Å². The van der Waals surface area contributed by atoms with Crippen molar-refractivity contribution in [3.05, 3.63) is 17.5 Å². The number of nitrogens with zero attached hydrogens (tertiary/aromatic N) is 2. The van der Waals surface area contributed by atoms with Crippen molar-refractivity contribution in [1.82, 2.24) is 15.1 Å². The average molecular weight is 323 g/mol. The van der Waals surface area contributed by atoms with Crippen molar-refractivity contribution in [3.63, 3.8) is 0 Å². The van der Waals surface area contributed by atoms with E-state index in [0.717, 1.165) is 37.4 Å². The lowest BCUT2D eigenvalue weighted by Gasteiger charge is -2.41. The molecular formula is C16H25N3O4. The fraction of sp³-hybridized carbons (Fsp3) is 0.812. The Bertz CT molecular complexity index is 558. The second-order valence-corrected chi connectivity index (χ2v) is 6.81. The largest absolute Gasteiger partial charge is 0.389 e. The number of aromatic nitrogens is 2. The summed E-state index contributed by atoms with van der Waals surface area (Å²) in [7, 11) is 0. The molecule has 0 saturated carbocycles. The Hall–Kier alpha value is -0.990. The monoisotopic (exact) mass is 323 g/mol. The first kappa shape index (κ1) is 15.5. The lowest BCUT2D eigenvalue weighted by atomic mass is 9.94. The van der Waals surface area contributed by atoms with E-state index in [0.29, 0.717) is 12.6 Å². The molecule has 23 heavy (non-hydrogen) atoms. The predicted molar refractivity (Wildman–Crippen MR) is 82.1 cm³/mol. The van der Waals surface area contributed by atoms with Crippen LogP contribution in [-0.4, -0.2) is 65.3 Å². The van der Waals surface area contributed by atoms with Gasteiger partial charge in [-0.1, -0.05) is 0 Å². The van der Waals surface area contributed by atoms with Crippen molar-refractivity contribution >= 4 is 0 Å². The van der Waals surface area contributed by atoms with Crippen LogP contribution in [0.2, 0.25) is 0 Å². The van der Waals surface area contributed by atoms with Gasteiger partial charge in [0, 0.05) is 24.9 Å². The molecule has 0 aliphatic carbocycles. The van der Waals surface area contributed by atoms with Gasteiger partial charge in [-0.15, -0.1) is 0 Å². The molecule has 4 heterocycles. The minimum absolute atomic E-state index is 0.105. The summed E-state index contributed by atoms with van der Waals surface area (Å²) in [5.41, 5.74) is 1.94. The zero-order valence-electron chi connectivity index (χ0n) is 13.6. The topological polar surface area (TPSA) is 77.8 Å². The number of aliphatic hydroxyl groups is 1. The van der Waals surface area contributed by atoms with Crippen LogP contribution in [0.1, 0.15) is 30.3 Å². The molecule has 2 bridgehead atoms. The normalized spacial score (nSPS) is 38.1. The molecule has 3 fully saturated rings. The lowest BCUT2D eigenvalue weighted by molar-refractivity contribution is -0.170. The fourth-order valence-corrected chi connectivity index (χ4v) is 3.95. The third-order valence-corrected chi connectivity index (χ3v) is 5.11. The van der Waals surface area contributed by atoms with Crippen molar-refractivity contribution in [2.24, 2.45) is 0 Å². The molecule has 5 unspecified atom stereocenters. The molecule has 7 heteroatoms. The number of rotatable bonds is 3. The number of nitrogens with one attached hydrogen (secondary N) is 1. The first-order chi connectivity index (χ1) is 11.1. The van der Waals surface area contributed by atoms with E-state index in [9.17, 15) is 5.11 Å². The molecule has 2 N–H and O–H groups in total. The van der Waals surface area contributed by atoms with Gasteiger partial charge >= 0.3 is 0 Å². The molecular weight excluding hydrogens is 298 g/mol. The number of hydrogen-bond donors (Lipinski definition) is 2. The lowest BCUT2D eigenvalue weighted by Crippen LogP contribution is -2.60. The molecule has 1 aromatic heterocycles. The van der Waals surface area contributed by atoms with Crippen LogP contribution in [0, 0.1) is 13.8 Å². The van der Waals surface area contributed by atoms with Crippen LogP contribution in [-0.2, 0) is 14.2 Å². The Morgan fingerprint density at radius 2 is 2.09 bits per heavy atom. The summed E-state index contributed by atoms with van der Waals surface area (Å²) in [6.07, 6.45) is 0.796. The third-order valence-electron chi connectivity index (χ3n) is 5.11. The van der Waals surface area contributed by atoms with Gasteiger partial charge in [0.05, 0.1) is 24.4 Å². The van der Waals surface area contributed by atoms with Crippen LogP contribution < -0.4 is 5.32 Å². The summed E-state index contributed by atoms with van der Waals surface area (Å²) in [6.45, 7) is 6.00. The molecule has 0 amide bonds. The SMILES string of the molecule is Cc1cc(C)n(C2C3OCC(O3)C(NC3CCOCC3)C2O)n1. The van der Waals surface area contributed by atoms with E-state index in [-0.39, 0.29) is 18.2 Å². The molecule has 3 aliphatic rings. The quantitative estimate of drug-likeness (QED) is 0.833. The highest BCUT2D eigenvalue weighted by Crippen LogP contribution is 2.36. The van der Waals surface area contributed by atoms with E-state index in [1.54, 1.807) is 0 Å². The second kappa shape index (κ2) is 6.14. The van der Waals surface area contributed by atoms with Crippen molar-refractivity contribution in [3.8, 4) is 0 Å². The number of aryl methyl sites for hydroxylation is 2. The molecule has 0 radical (unpaired) electrons. The predicted octanol–water partition coefficient (Wildman–Crippen LogP) is 0.294. The van der Waals surface area contributed by atoms with Gasteiger partial charge in [0.25, 0.3) is 0 Å². The minimum Gasteiger partial charge on any atom is -0.389 e. The molecule has 4 rings (SSSR count). The van der Waals surface area contributed by atoms with Gasteiger partial charge in [-0.3, -0.25) is 4.68 Å². The Labute approximate surface area is 135 Å². The highest BCUT2D eigenvalue weighted by atomic mass is 16.7. The Morgan fingerprint density at radius 1 is 1.30 bits per heavy atom. The number of hydrogen-bond acceptors (Lipinski definition) is 6. The van der Waals surface area contributed by atoms with Crippen LogP contribution in [0.25, 0.3) is 0 Å². The first-order valence-corrected chi connectivity index (χ1v) is 8.45. The van der Waals surface area contributed by atoms with Crippen LogP contribution in [0.5, 0.6) is 0 Å². The average Bonchev–Trinajstić information content (AvgIpc) is 3.10. The molecule has 7 nitrogen and oxygen atoms in total. The molecule has 3 aliphatic heterocycles. The van der Waals surface area contributed by atoms with Crippen molar-refractivity contribution in [1.29, 1.82) is 0 Å². The van der Waals surface area contributed by atoms with Crippen LogP contribution in [0.15, 0.2) is 6.07 Å². The molecule has 128 valence electrons. The van der Waals surface area contributed by atoms with Gasteiger partial charge in [0.2, 0.25) is 0 Å². The molecule has 0 aromatic carbocycles. The standard InChI is InChI=1S/C16H25N3O4/c1-9-7-10(2)19(18-9)14-15(20)13(12-8-22-16(14)23-12)17-11-3-5-21-6-4-11/h7,11-17,20H,3-6,8H2,1-2H3. The van der Waals surface area contributed by atoms with Gasteiger partial charge < -0.3 is 24.6 Å². The van der Waals surface area contributed by atoms with Gasteiger partial charge in [-0.25, -0.2) is 0 Å². The van der Waals surface area contributed by atoms with Gasteiger partial charge in [-0.2, -0.15) is 5.10 Å². The highest BCUT2D eigenvalue weighted by molar-refractivity contribution is 5.11. The number of ether oxygens (including phenoxy) is 3. The van der Waals surface area contributed by atoms with E-state index in [4.69, 9.17) is 14.2 Å². The van der Waals surface area contributed by atoms with Crippen molar-refractivity contribution in [2.75, 3.05) is 19.8 Å². The van der Waals surface area contributed by atoms with E-state index in [2.05, 4.69) is 10.4 Å². The van der Waals surface area contributed by atoms with Crippen LogP contribution >= 0.6 is 0 Å². The zero-order valence-corrected chi connectivity index (χ0v) is 13.6. The Morgan fingerprint density at radius 3 is 2.78 bits per heavy atom. The first-order valence-electron chi connectivity index (χ1n) is 8.45. The maximum atomic E-state index is 11.0. The van der Waals surface area contributed by atoms with Crippen molar-refractivity contribution < 1.29 is 19.3 Å². The summed E-state index contributed by atoms with van der Waals surface area (Å²) in [4.78, 5) is 0. The Balaban J connectivity index is 1.56. The summed E-state index contributed by atoms with van der Waals surface area (Å²) >= 11 is 0. The van der Waals surface area contributed by atoms with Crippen LogP contribution in [0.4, 0.5) is 0 Å². The van der Waals surface area contributed by atoms with E-state index < -0.39 is 12.4 Å². The number of aliphatic hydroxyl groups excluding tert-OH is 1. The van der Waals surface area contributed by atoms with Crippen molar-refractivity contribution in [2.45, 2.75) is 63.3 Å². The molecule has 5 atom stereocenters. The maximum absolute atomic E-state index is 11.0. The summed E-state index contributed by atoms with van der Waals surface area (Å²) in [5, 5.41) is 19.1. The smallest absolute Gasteiger partial charge is 0.183 e. The van der Waals surface area contributed by atoms with Crippen LogP contribution in [0.3, 0.4) is 0 Å². The molecule has 1 aromatic rings. The maximum Gasteiger partial charge on any atom is 0.183 e. The van der Waals surface area contributed by atoms with E-state index in [1.807, 2.05) is 24.6 Å². The van der Waals surface area contributed by atoms with Gasteiger partial charge in [0.15, 0.2) is 6.29 Å². The van der Waals surface area contributed by atoms with Gasteiger partial charge in [0.1, 0.15) is 12.1 Å². The summed E-state index contributed by atoms with van der Waals surface area (Å²) in [5.74, 6) is 0. The third kappa shape index (κ3) is 2.81. The summed E-state index contributed by atoms with van der Waals surface area (Å²) in [6, 6.07) is 1.89. The molecule has 0 spiro atoms. The highest BCUT2D eigenvalue weighted by Gasteiger charge is 2.52. The van der Waals surface area contributed by atoms with E-state index >= 15 is 0 Å². The summed E-state index contributed by atoms with van der Waals surface area (Å²) < 4.78 is 19.1. The zero-order chi connectivity index (χ0) is 16.0. The van der Waals surface area contributed by atoms with E-state index in [1.165, 1.54) is 0 Å². The Kier molecular flexibility index (Phi) is 4.15. The minimum atomic E-state index is -0.595. The second-order valence-electron chi connectivity index (χ2n) is 6.81. The molecule has 3 saturated heterocycles.